The molecule has 4 nitrogen and oxygen atoms in total. The molecular weight excluding hydrogens is 238 g/mol. The third kappa shape index (κ3) is 5.74. The number of ether oxygens (including phenoxy) is 1. The highest BCUT2D eigenvalue weighted by atomic mass is 16.5. The number of nitrogens with one attached hydrogen (secondary N) is 1. The van der Waals surface area contributed by atoms with Crippen LogP contribution in [-0.2, 0) is 11.2 Å². The summed E-state index contributed by atoms with van der Waals surface area (Å²) in [6.07, 6.45) is 5.27. The average molecular weight is 267 g/mol. The summed E-state index contributed by atoms with van der Waals surface area (Å²) in [5.41, 5.74) is 1.15. The first-order valence-corrected chi connectivity index (χ1v) is 7.56. The van der Waals surface area contributed by atoms with E-state index in [1.54, 1.807) is 0 Å². The first kappa shape index (κ1) is 16.2. The number of aromatic nitrogens is 2. The van der Waals surface area contributed by atoms with Crippen LogP contribution in [0, 0.1) is 0 Å². The van der Waals surface area contributed by atoms with Crippen molar-refractivity contribution in [3.8, 4) is 0 Å². The van der Waals surface area contributed by atoms with E-state index >= 15 is 0 Å². The standard InChI is InChI=1S/C15H29N3O/c1-5-9-16-15(12-19-7-3)11-14-8-10-18(17-14)13(4)6-2/h8,10,13,15-16H,5-7,9,11-12H2,1-4H3. The first-order valence-electron chi connectivity index (χ1n) is 7.56. The zero-order valence-corrected chi connectivity index (χ0v) is 12.9. The molecule has 0 saturated heterocycles. The number of hydrogen-bond acceptors (Lipinski definition) is 3. The van der Waals surface area contributed by atoms with Gasteiger partial charge in [-0.3, -0.25) is 4.68 Å². The Morgan fingerprint density at radius 3 is 2.79 bits per heavy atom. The van der Waals surface area contributed by atoms with Crippen LogP contribution in [0.1, 0.15) is 52.3 Å². The Hall–Kier alpha value is -0.870. The van der Waals surface area contributed by atoms with Crippen molar-refractivity contribution in [3.63, 3.8) is 0 Å². The Morgan fingerprint density at radius 1 is 1.37 bits per heavy atom. The van der Waals surface area contributed by atoms with Gasteiger partial charge >= 0.3 is 0 Å². The van der Waals surface area contributed by atoms with Crippen LogP contribution in [0.3, 0.4) is 0 Å². The van der Waals surface area contributed by atoms with Crippen molar-refractivity contribution in [2.75, 3.05) is 19.8 Å². The lowest BCUT2D eigenvalue weighted by Crippen LogP contribution is -2.36. The monoisotopic (exact) mass is 267 g/mol. The summed E-state index contributed by atoms with van der Waals surface area (Å²) in [5.74, 6) is 0. The second-order valence-corrected chi connectivity index (χ2v) is 5.06. The van der Waals surface area contributed by atoms with E-state index in [2.05, 4.69) is 48.1 Å². The lowest BCUT2D eigenvalue weighted by molar-refractivity contribution is 0.122. The predicted molar refractivity (Wildman–Crippen MR) is 79.5 cm³/mol. The molecule has 1 rings (SSSR count). The van der Waals surface area contributed by atoms with Crippen LogP contribution in [-0.4, -0.2) is 35.6 Å². The summed E-state index contributed by atoms with van der Waals surface area (Å²) in [6, 6.07) is 2.96. The quantitative estimate of drug-likeness (QED) is 0.708. The van der Waals surface area contributed by atoms with Crippen LogP contribution in [0.25, 0.3) is 0 Å². The molecule has 0 amide bonds. The summed E-state index contributed by atoms with van der Waals surface area (Å²) in [5, 5.41) is 8.19. The first-order chi connectivity index (χ1) is 9.21. The van der Waals surface area contributed by atoms with Crippen molar-refractivity contribution in [2.24, 2.45) is 0 Å². The summed E-state index contributed by atoms with van der Waals surface area (Å²) in [4.78, 5) is 0. The Kier molecular flexibility index (Phi) is 7.75. The fourth-order valence-electron chi connectivity index (χ4n) is 1.97. The van der Waals surface area contributed by atoms with Crippen LogP contribution >= 0.6 is 0 Å². The molecule has 0 aliphatic rings. The normalized spacial score (nSPS) is 14.5. The molecule has 1 aromatic rings. The SMILES string of the molecule is CCCNC(COCC)Cc1ccn(C(C)CC)n1. The largest absolute Gasteiger partial charge is 0.380 e. The molecule has 2 atom stereocenters. The van der Waals surface area contributed by atoms with Gasteiger partial charge in [0.25, 0.3) is 0 Å². The molecular formula is C15H29N3O. The lowest BCUT2D eigenvalue weighted by Gasteiger charge is -2.17. The van der Waals surface area contributed by atoms with E-state index in [1.165, 1.54) is 0 Å². The molecule has 19 heavy (non-hydrogen) atoms. The van der Waals surface area contributed by atoms with Gasteiger partial charge in [-0.1, -0.05) is 13.8 Å². The van der Waals surface area contributed by atoms with E-state index in [0.717, 1.165) is 44.7 Å². The molecule has 0 saturated carbocycles. The smallest absolute Gasteiger partial charge is 0.0641 e. The number of hydrogen-bond donors (Lipinski definition) is 1. The Labute approximate surface area is 117 Å². The molecule has 0 spiro atoms. The van der Waals surface area contributed by atoms with Crippen LogP contribution < -0.4 is 5.32 Å². The Balaban J connectivity index is 2.54. The van der Waals surface area contributed by atoms with Crippen LogP contribution in [0.2, 0.25) is 0 Å². The molecule has 1 N–H and O–H groups in total. The molecule has 110 valence electrons. The second-order valence-electron chi connectivity index (χ2n) is 5.06. The van der Waals surface area contributed by atoms with Crippen molar-refractivity contribution < 1.29 is 4.74 Å². The van der Waals surface area contributed by atoms with E-state index in [1.807, 2.05) is 6.92 Å². The van der Waals surface area contributed by atoms with Gasteiger partial charge in [0.15, 0.2) is 0 Å². The van der Waals surface area contributed by atoms with Gasteiger partial charge < -0.3 is 10.1 Å². The van der Waals surface area contributed by atoms with E-state index in [4.69, 9.17) is 4.74 Å². The maximum absolute atomic E-state index is 5.54. The highest BCUT2D eigenvalue weighted by Crippen LogP contribution is 2.10. The van der Waals surface area contributed by atoms with Gasteiger partial charge in [0.2, 0.25) is 0 Å². The van der Waals surface area contributed by atoms with Crippen molar-refractivity contribution in [2.45, 2.75) is 59.0 Å². The van der Waals surface area contributed by atoms with E-state index in [9.17, 15) is 0 Å². The molecule has 1 aromatic heterocycles. The Bertz CT molecular complexity index is 330. The summed E-state index contributed by atoms with van der Waals surface area (Å²) in [6.45, 7) is 11.2. The van der Waals surface area contributed by atoms with Gasteiger partial charge in [0, 0.05) is 31.3 Å². The summed E-state index contributed by atoms with van der Waals surface area (Å²) < 4.78 is 7.61. The minimum atomic E-state index is 0.361. The molecule has 0 aliphatic carbocycles. The maximum atomic E-state index is 5.54. The molecule has 2 unspecified atom stereocenters. The van der Waals surface area contributed by atoms with Gasteiger partial charge in [-0.15, -0.1) is 0 Å². The average Bonchev–Trinajstić information content (AvgIpc) is 2.89. The topological polar surface area (TPSA) is 39.1 Å². The maximum Gasteiger partial charge on any atom is 0.0641 e. The molecule has 1 heterocycles. The third-order valence-corrected chi connectivity index (χ3v) is 3.37. The minimum absolute atomic E-state index is 0.361. The van der Waals surface area contributed by atoms with Crippen molar-refractivity contribution in [1.82, 2.24) is 15.1 Å². The van der Waals surface area contributed by atoms with E-state index in [-0.39, 0.29) is 0 Å². The van der Waals surface area contributed by atoms with Gasteiger partial charge in [0.05, 0.1) is 12.3 Å². The van der Waals surface area contributed by atoms with Crippen molar-refractivity contribution in [3.05, 3.63) is 18.0 Å². The fourth-order valence-corrected chi connectivity index (χ4v) is 1.97. The lowest BCUT2D eigenvalue weighted by atomic mass is 10.1. The van der Waals surface area contributed by atoms with Gasteiger partial charge in [-0.05, 0) is 39.3 Å². The minimum Gasteiger partial charge on any atom is -0.380 e. The van der Waals surface area contributed by atoms with Gasteiger partial charge in [-0.25, -0.2) is 0 Å². The van der Waals surface area contributed by atoms with Crippen LogP contribution in [0.15, 0.2) is 12.3 Å². The zero-order valence-electron chi connectivity index (χ0n) is 12.9. The predicted octanol–water partition coefficient (Wildman–Crippen LogP) is 2.80. The highest BCUT2D eigenvalue weighted by molar-refractivity contribution is 5.02. The van der Waals surface area contributed by atoms with E-state index < -0.39 is 0 Å². The highest BCUT2D eigenvalue weighted by Gasteiger charge is 2.12. The number of nitrogens with zero attached hydrogens (tertiary/aromatic N) is 2. The zero-order chi connectivity index (χ0) is 14.1. The molecule has 0 fully saturated rings. The van der Waals surface area contributed by atoms with Crippen molar-refractivity contribution >= 4 is 0 Å². The fraction of sp³-hybridized carbons (Fsp3) is 0.800. The van der Waals surface area contributed by atoms with Crippen LogP contribution in [0.5, 0.6) is 0 Å². The number of rotatable bonds is 10. The Morgan fingerprint density at radius 2 is 2.16 bits per heavy atom. The molecule has 4 heteroatoms. The van der Waals surface area contributed by atoms with E-state index in [0.29, 0.717) is 12.1 Å². The molecule has 0 aliphatic heterocycles. The third-order valence-electron chi connectivity index (χ3n) is 3.37. The molecule has 0 bridgehead atoms. The van der Waals surface area contributed by atoms with Gasteiger partial charge in [0.1, 0.15) is 0 Å². The second kappa shape index (κ2) is 9.10. The summed E-state index contributed by atoms with van der Waals surface area (Å²) >= 11 is 0. The summed E-state index contributed by atoms with van der Waals surface area (Å²) in [7, 11) is 0. The molecule has 0 aromatic carbocycles. The van der Waals surface area contributed by atoms with Crippen molar-refractivity contribution in [1.29, 1.82) is 0 Å². The van der Waals surface area contributed by atoms with Crippen LogP contribution in [0.4, 0.5) is 0 Å². The molecule has 0 radical (unpaired) electrons. The van der Waals surface area contributed by atoms with Gasteiger partial charge in [-0.2, -0.15) is 5.10 Å².